The Morgan fingerprint density at radius 2 is 1.56 bits per heavy atom. The third-order valence-electron chi connectivity index (χ3n) is 8.73. The SMILES string of the molecule is COC(=O)c1c(O)ccc(O)c1C(=O)c1c(O)cc2c(c1O)C1C=CC3(C2)C(O)c2cc(C)cc(O)c2C(=O)C3(O)C1=O. The average molecular weight is 589 g/mol. The zero-order chi connectivity index (χ0) is 31.3. The Bertz CT molecular complexity index is 1870. The van der Waals surface area contributed by atoms with E-state index < -0.39 is 104 Å². The Kier molecular flexibility index (Phi) is 5.78. The van der Waals surface area contributed by atoms with Gasteiger partial charge in [-0.25, -0.2) is 4.79 Å². The Labute approximate surface area is 242 Å². The van der Waals surface area contributed by atoms with Gasteiger partial charge in [0.05, 0.1) is 35.7 Å². The Morgan fingerprint density at radius 1 is 0.907 bits per heavy atom. The first kappa shape index (κ1) is 27.9. The molecule has 43 heavy (non-hydrogen) atoms. The van der Waals surface area contributed by atoms with Crippen LogP contribution in [0.25, 0.3) is 0 Å². The lowest BCUT2D eigenvalue weighted by molar-refractivity contribution is -0.154. The summed E-state index contributed by atoms with van der Waals surface area (Å²) in [5, 5.41) is 77.4. The molecule has 4 aliphatic rings. The molecule has 1 spiro atoms. The number of carbonyl (C=O) groups excluding carboxylic acids is 4. The van der Waals surface area contributed by atoms with E-state index in [2.05, 4.69) is 4.74 Å². The van der Waals surface area contributed by atoms with Crippen LogP contribution in [0.5, 0.6) is 28.7 Å². The van der Waals surface area contributed by atoms with Crippen LogP contribution >= 0.6 is 0 Å². The number of hydrogen-bond donors (Lipinski definition) is 7. The van der Waals surface area contributed by atoms with Crippen LogP contribution < -0.4 is 0 Å². The van der Waals surface area contributed by atoms with Gasteiger partial charge in [-0.2, -0.15) is 0 Å². The fourth-order valence-corrected chi connectivity index (χ4v) is 6.77. The van der Waals surface area contributed by atoms with E-state index >= 15 is 0 Å². The Hall–Kier alpha value is -5.20. The summed E-state index contributed by atoms with van der Waals surface area (Å²) in [6.45, 7) is 1.61. The lowest BCUT2D eigenvalue weighted by atomic mass is 9.53. The molecule has 7 N–H and O–H groups in total. The number of aliphatic hydroxyl groups is 2. The number of phenols is 5. The van der Waals surface area contributed by atoms with Gasteiger partial charge in [0, 0.05) is 5.56 Å². The van der Waals surface area contributed by atoms with Crippen molar-refractivity contribution in [1.82, 2.24) is 0 Å². The summed E-state index contributed by atoms with van der Waals surface area (Å²) in [5.74, 6) is -10.3. The summed E-state index contributed by atoms with van der Waals surface area (Å²) in [6, 6.07) is 5.54. The van der Waals surface area contributed by atoms with Gasteiger partial charge in [-0.05, 0) is 54.3 Å². The monoisotopic (exact) mass is 588 g/mol. The first-order chi connectivity index (χ1) is 20.2. The number of aliphatic hydroxyl groups excluding tert-OH is 1. The van der Waals surface area contributed by atoms with Crippen molar-refractivity contribution in [1.29, 1.82) is 0 Å². The molecule has 7 rings (SSSR count). The van der Waals surface area contributed by atoms with E-state index in [0.29, 0.717) is 5.56 Å². The fourth-order valence-electron chi connectivity index (χ4n) is 6.77. The molecule has 0 aliphatic heterocycles. The van der Waals surface area contributed by atoms with E-state index in [4.69, 9.17) is 0 Å². The molecular formula is C31H24O12. The summed E-state index contributed by atoms with van der Waals surface area (Å²) in [5.41, 5.74) is -7.59. The topological polar surface area (TPSA) is 219 Å². The summed E-state index contributed by atoms with van der Waals surface area (Å²) in [7, 11) is 0.963. The van der Waals surface area contributed by atoms with E-state index in [1.807, 2.05) is 0 Å². The number of ether oxygens (including phenoxy) is 1. The van der Waals surface area contributed by atoms with Gasteiger partial charge >= 0.3 is 5.97 Å². The van der Waals surface area contributed by atoms with Gasteiger partial charge < -0.3 is 40.5 Å². The molecule has 0 saturated heterocycles. The highest BCUT2D eigenvalue weighted by Crippen LogP contribution is 2.62. The summed E-state index contributed by atoms with van der Waals surface area (Å²) < 4.78 is 4.61. The number of carbonyl (C=O) groups is 4. The number of allylic oxidation sites excluding steroid dienone is 1. The summed E-state index contributed by atoms with van der Waals surface area (Å²) in [4.78, 5) is 54.0. The minimum Gasteiger partial charge on any atom is -0.507 e. The third kappa shape index (κ3) is 3.32. The number of hydrogen-bond acceptors (Lipinski definition) is 12. The van der Waals surface area contributed by atoms with Gasteiger partial charge in [0.25, 0.3) is 0 Å². The molecule has 4 atom stereocenters. The molecule has 220 valence electrons. The van der Waals surface area contributed by atoms with Gasteiger partial charge in [0.1, 0.15) is 39.9 Å². The molecule has 3 aromatic carbocycles. The summed E-state index contributed by atoms with van der Waals surface area (Å²) >= 11 is 0. The van der Waals surface area contributed by atoms with Crippen molar-refractivity contribution in [3.05, 3.63) is 87.0 Å². The van der Waals surface area contributed by atoms with Crippen molar-refractivity contribution < 1.29 is 59.7 Å². The first-order valence-corrected chi connectivity index (χ1v) is 13.0. The lowest BCUT2D eigenvalue weighted by Crippen LogP contribution is -2.66. The molecule has 4 unspecified atom stereocenters. The van der Waals surface area contributed by atoms with Gasteiger partial charge in [-0.1, -0.05) is 18.2 Å². The van der Waals surface area contributed by atoms with E-state index in [1.165, 1.54) is 24.3 Å². The normalized spacial score (nSPS) is 25.0. The molecule has 3 aromatic rings. The minimum atomic E-state index is -2.92. The predicted molar refractivity (Wildman–Crippen MR) is 144 cm³/mol. The molecule has 2 bridgehead atoms. The number of rotatable bonds is 3. The van der Waals surface area contributed by atoms with Crippen LogP contribution in [0.3, 0.4) is 0 Å². The molecule has 12 heteroatoms. The number of Topliss-reactive ketones (excluding diaryl/α,β-unsaturated/α-hetero) is 2. The van der Waals surface area contributed by atoms with Crippen molar-refractivity contribution in [3.8, 4) is 28.7 Å². The molecule has 12 nitrogen and oxygen atoms in total. The molecule has 0 aromatic heterocycles. The van der Waals surface area contributed by atoms with Gasteiger partial charge in [0.2, 0.25) is 11.6 Å². The third-order valence-corrected chi connectivity index (χ3v) is 8.73. The van der Waals surface area contributed by atoms with Crippen molar-refractivity contribution >= 4 is 23.3 Å². The van der Waals surface area contributed by atoms with Crippen LogP contribution in [0.1, 0.15) is 70.9 Å². The highest BCUT2D eigenvalue weighted by atomic mass is 16.5. The van der Waals surface area contributed by atoms with Gasteiger partial charge in [0.15, 0.2) is 11.4 Å². The molecule has 0 radical (unpaired) electrons. The quantitative estimate of drug-likeness (QED) is 0.0768. The number of methoxy groups -OCH3 is 1. The maximum absolute atomic E-state index is 14.0. The van der Waals surface area contributed by atoms with Crippen LogP contribution in [-0.2, 0) is 16.0 Å². The zero-order valence-electron chi connectivity index (χ0n) is 22.6. The van der Waals surface area contributed by atoms with Crippen molar-refractivity contribution in [2.75, 3.05) is 7.11 Å². The van der Waals surface area contributed by atoms with E-state index in [9.17, 15) is 54.9 Å². The van der Waals surface area contributed by atoms with Crippen LogP contribution in [0.4, 0.5) is 0 Å². The van der Waals surface area contributed by atoms with E-state index in [-0.39, 0.29) is 16.7 Å². The number of ketones is 3. The molecular weight excluding hydrogens is 564 g/mol. The summed E-state index contributed by atoms with van der Waals surface area (Å²) in [6.07, 6.45) is 0.369. The fraction of sp³-hybridized carbons (Fsp3) is 0.226. The first-order valence-electron chi connectivity index (χ1n) is 13.0. The van der Waals surface area contributed by atoms with Gasteiger partial charge in [-0.15, -0.1) is 0 Å². The average Bonchev–Trinajstić information content (AvgIpc) is 3.16. The second-order valence-electron chi connectivity index (χ2n) is 11.0. The molecule has 0 saturated carbocycles. The van der Waals surface area contributed by atoms with Crippen LogP contribution in [0.15, 0.2) is 42.5 Å². The van der Waals surface area contributed by atoms with Crippen molar-refractivity contribution in [3.63, 3.8) is 0 Å². The second kappa shape index (κ2) is 8.90. The number of benzene rings is 3. The predicted octanol–water partition coefficient (Wildman–Crippen LogP) is 1.97. The van der Waals surface area contributed by atoms with Crippen LogP contribution in [0.2, 0.25) is 0 Å². The van der Waals surface area contributed by atoms with Crippen molar-refractivity contribution in [2.45, 2.75) is 31.0 Å². The molecule has 0 amide bonds. The number of phenolic OH excluding ortho intramolecular Hbond substituents is 5. The van der Waals surface area contributed by atoms with E-state index in [0.717, 1.165) is 25.3 Å². The molecule has 4 aliphatic carbocycles. The van der Waals surface area contributed by atoms with Gasteiger partial charge in [-0.3, -0.25) is 14.4 Å². The Morgan fingerprint density at radius 3 is 2.21 bits per heavy atom. The largest absolute Gasteiger partial charge is 0.507 e. The number of esters is 1. The van der Waals surface area contributed by atoms with Crippen molar-refractivity contribution in [2.24, 2.45) is 5.41 Å². The van der Waals surface area contributed by atoms with E-state index in [1.54, 1.807) is 6.92 Å². The maximum Gasteiger partial charge on any atom is 0.342 e. The minimum absolute atomic E-state index is 0.00585. The second-order valence-corrected chi connectivity index (χ2v) is 11.0. The highest BCUT2D eigenvalue weighted by molar-refractivity contribution is 6.24. The highest BCUT2D eigenvalue weighted by Gasteiger charge is 2.70. The van der Waals surface area contributed by atoms with Crippen LogP contribution in [-0.4, -0.2) is 71.8 Å². The smallest absolute Gasteiger partial charge is 0.342 e. The number of fused-ring (bicyclic) bond motifs is 1. The lowest BCUT2D eigenvalue weighted by Gasteiger charge is -2.51. The number of aryl methyl sites for hydroxylation is 1. The number of aromatic hydroxyl groups is 5. The molecule has 0 heterocycles. The standard InChI is InChI=1S/C31H24O12/c1-11-7-14-20(17(34)8-11)28(40)31(42)27(39)13-5-6-30(31,26(14)38)10-12-9-18(35)23(24(36)19(12)13)25(37)21-15(32)3-4-16(33)22(21)29(41)43-2/h3-9,13,26,32-36,38,42H,10H2,1-2H3. The van der Waals surface area contributed by atoms with Crippen LogP contribution in [0, 0.1) is 12.3 Å². The maximum atomic E-state index is 14.0. The Balaban J connectivity index is 1.59. The molecule has 0 fully saturated rings. The zero-order valence-corrected chi connectivity index (χ0v) is 22.6.